The molecule has 1 aromatic heterocycles. The first-order valence-electron chi connectivity index (χ1n) is 8.16. The zero-order valence-corrected chi connectivity index (χ0v) is 15.1. The normalized spacial score (nSPS) is 12.6. The predicted molar refractivity (Wildman–Crippen MR) is 99.9 cm³/mol. The van der Waals surface area contributed by atoms with Crippen molar-refractivity contribution < 1.29 is 27.9 Å². The second-order valence-electron chi connectivity index (χ2n) is 5.95. The third kappa shape index (κ3) is 4.49. The van der Waals surface area contributed by atoms with Crippen molar-refractivity contribution in [2.75, 3.05) is 11.9 Å². The summed E-state index contributed by atoms with van der Waals surface area (Å²) in [7, 11) is 0. The molecule has 1 heterocycles. The monoisotopic (exact) mass is 408 g/mol. The maximum atomic E-state index is 12.7. The minimum Gasteiger partial charge on any atom is -0.387 e. The van der Waals surface area contributed by atoms with Gasteiger partial charge in [-0.25, -0.2) is 0 Å². The molecule has 0 fully saturated rings. The number of halogens is 3. The summed E-state index contributed by atoms with van der Waals surface area (Å²) in [5.41, 5.74) is -0.469. The molecule has 3 rings (SSSR count). The van der Waals surface area contributed by atoms with Crippen LogP contribution in [0.1, 0.15) is 17.2 Å². The molecule has 3 N–H and O–H groups in total. The summed E-state index contributed by atoms with van der Waals surface area (Å²) in [6.07, 6.45) is -5.59. The highest BCUT2D eigenvalue weighted by Gasteiger charge is 2.30. The van der Waals surface area contributed by atoms with Gasteiger partial charge in [-0.05, 0) is 35.0 Å². The van der Waals surface area contributed by atoms with E-state index < -0.39 is 29.7 Å². The van der Waals surface area contributed by atoms with Crippen LogP contribution < -0.4 is 10.6 Å². The van der Waals surface area contributed by atoms with Crippen molar-refractivity contribution in [2.45, 2.75) is 12.3 Å². The van der Waals surface area contributed by atoms with Gasteiger partial charge in [0.1, 0.15) is 0 Å². The Balaban J connectivity index is 1.59. The van der Waals surface area contributed by atoms with E-state index in [0.717, 1.165) is 28.3 Å². The van der Waals surface area contributed by atoms with Crippen LogP contribution in [0.15, 0.2) is 53.9 Å². The van der Waals surface area contributed by atoms with Gasteiger partial charge in [0.05, 0.1) is 11.7 Å². The number of aliphatic hydroxyl groups is 1. The Morgan fingerprint density at radius 2 is 1.82 bits per heavy atom. The van der Waals surface area contributed by atoms with Gasteiger partial charge in [-0.2, -0.15) is 13.2 Å². The van der Waals surface area contributed by atoms with Gasteiger partial charge in [0, 0.05) is 22.5 Å². The van der Waals surface area contributed by atoms with Crippen LogP contribution in [-0.2, 0) is 15.8 Å². The van der Waals surface area contributed by atoms with Crippen LogP contribution >= 0.6 is 11.3 Å². The van der Waals surface area contributed by atoms with E-state index in [1.54, 1.807) is 5.38 Å². The Morgan fingerprint density at radius 3 is 2.57 bits per heavy atom. The maximum Gasteiger partial charge on any atom is 0.416 e. The number of fused-ring (bicyclic) bond motifs is 1. The van der Waals surface area contributed by atoms with Gasteiger partial charge in [0.2, 0.25) is 0 Å². The van der Waals surface area contributed by atoms with Crippen LogP contribution in [0.4, 0.5) is 18.9 Å². The average Bonchev–Trinajstić information content (AvgIpc) is 3.09. The van der Waals surface area contributed by atoms with Crippen LogP contribution in [0, 0.1) is 0 Å². The molecular formula is C19H15F3N2O3S. The zero-order valence-electron chi connectivity index (χ0n) is 14.3. The van der Waals surface area contributed by atoms with E-state index in [4.69, 9.17) is 0 Å². The van der Waals surface area contributed by atoms with Crippen molar-refractivity contribution in [1.82, 2.24) is 5.32 Å². The number of carbonyl (C=O) groups is 2. The molecule has 2 aromatic carbocycles. The summed E-state index contributed by atoms with van der Waals surface area (Å²) in [4.78, 5) is 23.8. The standard InChI is InChI=1S/C19H15F3N2O3S/c20-19(21,22)11-4-3-5-12(8-11)24-18(27)17(26)23-9-15(25)14-10-28-16-7-2-1-6-13(14)16/h1-8,10,15,25H,9H2,(H,23,26)(H,24,27). The van der Waals surface area contributed by atoms with E-state index >= 15 is 0 Å². The van der Waals surface area contributed by atoms with Crippen molar-refractivity contribution in [2.24, 2.45) is 0 Å². The largest absolute Gasteiger partial charge is 0.416 e. The SMILES string of the molecule is O=C(NCC(O)c1csc2ccccc12)C(=O)Nc1cccc(C(F)(F)F)c1. The quantitative estimate of drug-likeness (QED) is 0.576. The Bertz CT molecular complexity index is 1020. The number of benzene rings is 2. The predicted octanol–water partition coefficient (Wildman–Crippen LogP) is 3.71. The van der Waals surface area contributed by atoms with Gasteiger partial charge < -0.3 is 15.7 Å². The van der Waals surface area contributed by atoms with Crippen LogP contribution in [-0.4, -0.2) is 23.5 Å². The molecule has 0 saturated carbocycles. The lowest BCUT2D eigenvalue weighted by Crippen LogP contribution is -2.37. The number of nitrogens with one attached hydrogen (secondary N) is 2. The molecular weight excluding hydrogens is 393 g/mol. The second kappa shape index (κ2) is 7.99. The van der Waals surface area contributed by atoms with Crippen LogP contribution in [0.25, 0.3) is 10.1 Å². The van der Waals surface area contributed by atoms with Crippen molar-refractivity contribution >= 4 is 38.9 Å². The molecule has 1 atom stereocenters. The summed E-state index contributed by atoms with van der Waals surface area (Å²) in [6.45, 7) is -0.213. The summed E-state index contributed by atoms with van der Waals surface area (Å²) in [6, 6.07) is 11.4. The van der Waals surface area contributed by atoms with E-state index in [9.17, 15) is 27.9 Å². The number of rotatable bonds is 4. The minimum absolute atomic E-state index is 0.153. The molecule has 0 aliphatic carbocycles. The third-order valence-electron chi connectivity index (χ3n) is 3.98. The number of carbonyl (C=O) groups excluding carboxylic acids is 2. The van der Waals surface area contributed by atoms with Crippen LogP contribution in [0.2, 0.25) is 0 Å². The third-order valence-corrected chi connectivity index (χ3v) is 4.96. The first-order chi connectivity index (χ1) is 13.3. The van der Waals surface area contributed by atoms with E-state index in [1.807, 2.05) is 24.3 Å². The second-order valence-corrected chi connectivity index (χ2v) is 6.86. The smallest absolute Gasteiger partial charge is 0.387 e. The Kier molecular flexibility index (Phi) is 5.66. The van der Waals surface area contributed by atoms with E-state index in [0.29, 0.717) is 5.56 Å². The fourth-order valence-corrected chi connectivity index (χ4v) is 3.61. The fraction of sp³-hybridized carbons (Fsp3) is 0.158. The summed E-state index contributed by atoms with van der Waals surface area (Å²) < 4.78 is 39.1. The molecule has 3 aromatic rings. The molecule has 0 spiro atoms. The number of anilines is 1. The Morgan fingerprint density at radius 1 is 1.07 bits per heavy atom. The number of aliphatic hydroxyl groups excluding tert-OH is 1. The molecule has 0 bridgehead atoms. The molecule has 1 unspecified atom stereocenters. The highest BCUT2D eigenvalue weighted by molar-refractivity contribution is 7.17. The van der Waals surface area contributed by atoms with Gasteiger partial charge in [-0.15, -0.1) is 11.3 Å². The molecule has 9 heteroatoms. The number of hydrogen-bond acceptors (Lipinski definition) is 4. The van der Waals surface area contributed by atoms with Crippen molar-refractivity contribution in [3.8, 4) is 0 Å². The topological polar surface area (TPSA) is 78.4 Å². The van der Waals surface area contributed by atoms with Crippen molar-refractivity contribution in [3.05, 3.63) is 65.0 Å². The number of amides is 2. The minimum atomic E-state index is -4.56. The summed E-state index contributed by atoms with van der Waals surface area (Å²) in [5, 5.41) is 17.3. The Hall–Kier alpha value is -2.91. The lowest BCUT2D eigenvalue weighted by Gasteiger charge is -2.12. The molecule has 0 saturated heterocycles. The van der Waals surface area contributed by atoms with E-state index in [2.05, 4.69) is 10.6 Å². The molecule has 2 amide bonds. The molecule has 28 heavy (non-hydrogen) atoms. The fourth-order valence-electron chi connectivity index (χ4n) is 2.60. The van der Waals surface area contributed by atoms with Crippen LogP contribution in [0.5, 0.6) is 0 Å². The number of alkyl halides is 3. The molecule has 0 radical (unpaired) electrons. The van der Waals surface area contributed by atoms with Gasteiger partial charge in [0.25, 0.3) is 0 Å². The van der Waals surface area contributed by atoms with Gasteiger partial charge in [-0.3, -0.25) is 9.59 Å². The average molecular weight is 408 g/mol. The molecule has 146 valence electrons. The van der Waals surface area contributed by atoms with Crippen molar-refractivity contribution in [3.63, 3.8) is 0 Å². The first kappa shape index (κ1) is 19.8. The molecule has 0 aliphatic rings. The highest BCUT2D eigenvalue weighted by Crippen LogP contribution is 2.31. The maximum absolute atomic E-state index is 12.7. The summed E-state index contributed by atoms with van der Waals surface area (Å²) >= 11 is 1.44. The summed E-state index contributed by atoms with van der Waals surface area (Å²) in [5.74, 6) is -2.18. The van der Waals surface area contributed by atoms with Crippen molar-refractivity contribution in [1.29, 1.82) is 0 Å². The van der Waals surface area contributed by atoms with Gasteiger partial charge >= 0.3 is 18.0 Å². The number of hydrogen-bond donors (Lipinski definition) is 3. The first-order valence-corrected chi connectivity index (χ1v) is 9.04. The molecule has 5 nitrogen and oxygen atoms in total. The Labute approximate surface area is 161 Å². The lowest BCUT2D eigenvalue weighted by atomic mass is 10.1. The van der Waals surface area contributed by atoms with Crippen LogP contribution in [0.3, 0.4) is 0 Å². The van der Waals surface area contributed by atoms with Gasteiger partial charge in [0.15, 0.2) is 0 Å². The van der Waals surface area contributed by atoms with E-state index in [-0.39, 0.29) is 12.2 Å². The van der Waals surface area contributed by atoms with E-state index in [1.165, 1.54) is 17.4 Å². The lowest BCUT2D eigenvalue weighted by molar-refractivity contribution is -0.137. The highest BCUT2D eigenvalue weighted by atomic mass is 32.1. The zero-order chi connectivity index (χ0) is 20.3. The number of thiophene rings is 1. The molecule has 0 aliphatic heterocycles. The van der Waals surface area contributed by atoms with Gasteiger partial charge in [-0.1, -0.05) is 24.3 Å².